The molecule has 5 nitrogen and oxygen atoms in total. The van der Waals surface area contributed by atoms with Gasteiger partial charge in [-0.1, -0.05) is 36.4 Å². The van der Waals surface area contributed by atoms with Crippen LogP contribution in [0.3, 0.4) is 0 Å². The highest BCUT2D eigenvalue weighted by Gasteiger charge is 2.12. The molecular formula is C17H21N3O2S2. The molecule has 1 atom stereocenters. The predicted molar refractivity (Wildman–Crippen MR) is 104 cm³/mol. The van der Waals surface area contributed by atoms with Crippen LogP contribution in [0.25, 0.3) is 0 Å². The molecular weight excluding hydrogens is 342 g/mol. The van der Waals surface area contributed by atoms with Gasteiger partial charge in [0.1, 0.15) is 0 Å². The van der Waals surface area contributed by atoms with Gasteiger partial charge >= 0.3 is 0 Å². The molecule has 0 aliphatic heterocycles. The number of rotatable bonds is 5. The van der Waals surface area contributed by atoms with Crippen molar-refractivity contribution in [3.63, 3.8) is 0 Å². The lowest BCUT2D eigenvalue weighted by Crippen LogP contribution is -2.31. The number of hydrogen-bond donors (Lipinski definition) is 2. The van der Waals surface area contributed by atoms with Crippen molar-refractivity contribution in [1.82, 2.24) is 5.32 Å². The molecule has 2 rings (SSSR count). The summed E-state index contributed by atoms with van der Waals surface area (Å²) in [5, 5.41) is 6.78. The predicted octanol–water partition coefficient (Wildman–Crippen LogP) is 3.13. The van der Waals surface area contributed by atoms with Crippen molar-refractivity contribution < 1.29 is 8.42 Å². The number of nitrogens with zero attached hydrogens (tertiary/aromatic N) is 1. The highest BCUT2D eigenvalue weighted by molar-refractivity contribution is 7.92. The maximum atomic E-state index is 11.6. The van der Waals surface area contributed by atoms with E-state index in [0.717, 1.165) is 11.3 Å². The molecule has 2 aromatic rings. The zero-order chi connectivity index (χ0) is 17.7. The summed E-state index contributed by atoms with van der Waals surface area (Å²) >= 11 is 5.34. The van der Waals surface area contributed by atoms with E-state index in [1.165, 1.54) is 17.6 Å². The second-order valence-corrected chi connectivity index (χ2v) is 7.93. The second kappa shape index (κ2) is 7.63. The van der Waals surface area contributed by atoms with Gasteiger partial charge in [-0.25, -0.2) is 8.42 Å². The zero-order valence-electron chi connectivity index (χ0n) is 13.9. The number of hydrogen-bond acceptors (Lipinski definition) is 3. The van der Waals surface area contributed by atoms with Crippen LogP contribution in [0.1, 0.15) is 18.5 Å². The number of anilines is 2. The molecule has 128 valence electrons. The van der Waals surface area contributed by atoms with Gasteiger partial charge in [-0.05, 0) is 42.9 Å². The van der Waals surface area contributed by atoms with Crippen molar-refractivity contribution in [3.05, 3.63) is 60.2 Å². The van der Waals surface area contributed by atoms with Crippen LogP contribution >= 0.6 is 12.2 Å². The van der Waals surface area contributed by atoms with E-state index < -0.39 is 10.0 Å². The Bertz CT molecular complexity index is 808. The minimum atomic E-state index is -3.30. The molecule has 0 unspecified atom stereocenters. The van der Waals surface area contributed by atoms with Gasteiger partial charge in [0.25, 0.3) is 0 Å². The third-order valence-electron chi connectivity index (χ3n) is 3.61. The fraction of sp³-hybridized carbons (Fsp3) is 0.235. The van der Waals surface area contributed by atoms with Crippen LogP contribution in [0.2, 0.25) is 0 Å². The Labute approximate surface area is 148 Å². The lowest BCUT2D eigenvalue weighted by atomic mass is 10.1. The largest absolute Gasteiger partial charge is 0.356 e. The van der Waals surface area contributed by atoms with Crippen molar-refractivity contribution >= 4 is 38.7 Å². The molecule has 2 aromatic carbocycles. The topological polar surface area (TPSA) is 61.4 Å². The summed E-state index contributed by atoms with van der Waals surface area (Å²) in [5.41, 5.74) is 2.43. The van der Waals surface area contributed by atoms with Gasteiger partial charge < -0.3 is 10.6 Å². The van der Waals surface area contributed by atoms with Crippen molar-refractivity contribution in [2.24, 2.45) is 0 Å². The van der Waals surface area contributed by atoms with Gasteiger partial charge in [-0.15, -0.1) is 0 Å². The van der Waals surface area contributed by atoms with Gasteiger partial charge in [0.2, 0.25) is 10.0 Å². The first-order valence-electron chi connectivity index (χ1n) is 7.44. The lowest BCUT2D eigenvalue weighted by molar-refractivity contribution is 0.600. The number of sulfonamides is 1. The van der Waals surface area contributed by atoms with Crippen molar-refractivity contribution in [3.8, 4) is 0 Å². The van der Waals surface area contributed by atoms with E-state index in [-0.39, 0.29) is 6.04 Å². The van der Waals surface area contributed by atoms with E-state index in [1.54, 1.807) is 18.2 Å². The molecule has 0 spiro atoms. The first kappa shape index (κ1) is 18.2. The summed E-state index contributed by atoms with van der Waals surface area (Å²) in [6, 6.07) is 17.1. The van der Waals surface area contributed by atoms with E-state index in [0.29, 0.717) is 10.8 Å². The van der Waals surface area contributed by atoms with E-state index >= 15 is 0 Å². The quantitative estimate of drug-likeness (QED) is 0.799. The maximum absolute atomic E-state index is 11.6. The molecule has 0 aromatic heterocycles. The van der Waals surface area contributed by atoms with Crippen LogP contribution in [0, 0.1) is 0 Å². The van der Waals surface area contributed by atoms with E-state index in [1.807, 2.05) is 43.3 Å². The molecule has 0 amide bonds. The molecule has 24 heavy (non-hydrogen) atoms. The third-order valence-corrected chi connectivity index (χ3v) is 5.04. The molecule has 0 saturated heterocycles. The summed E-state index contributed by atoms with van der Waals surface area (Å²) in [6.45, 7) is 2.02. The van der Waals surface area contributed by atoms with Gasteiger partial charge in [0.15, 0.2) is 5.11 Å². The van der Waals surface area contributed by atoms with Crippen molar-refractivity contribution in [1.29, 1.82) is 0 Å². The Morgan fingerprint density at radius 2 is 1.79 bits per heavy atom. The molecule has 0 fully saturated rings. The molecule has 7 heteroatoms. The van der Waals surface area contributed by atoms with Crippen molar-refractivity contribution in [2.75, 3.05) is 22.9 Å². The Kier molecular flexibility index (Phi) is 5.80. The standard InChI is InChI=1S/C17H21N3O2S2/c1-13(14-8-5-4-6-9-14)18-17(23)19-15-10-7-11-16(12-15)20(2)24(3,21)22/h4-13H,1-3H3,(H2,18,19,23)/t13-/m1/s1. The summed E-state index contributed by atoms with van der Waals surface area (Å²) in [4.78, 5) is 0. The normalized spacial score (nSPS) is 12.3. The summed E-state index contributed by atoms with van der Waals surface area (Å²) < 4.78 is 24.5. The SMILES string of the molecule is C[C@@H](NC(=S)Nc1cccc(N(C)S(C)(=O)=O)c1)c1ccccc1. The van der Waals surface area contributed by atoms with E-state index in [4.69, 9.17) is 12.2 Å². The Morgan fingerprint density at radius 1 is 1.12 bits per heavy atom. The van der Waals surface area contributed by atoms with Crippen LogP contribution in [0.15, 0.2) is 54.6 Å². The molecule has 2 N–H and O–H groups in total. The lowest BCUT2D eigenvalue weighted by Gasteiger charge is -2.19. The second-order valence-electron chi connectivity index (χ2n) is 5.51. The van der Waals surface area contributed by atoms with E-state index in [9.17, 15) is 8.42 Å². The Morgan fingerprint density at radius 3 is 2.42 bits per heavy atom. The molecule has 0 heterocycles. The fourth-order valence-electron chi connectivity index (χ4n) is 2.16. The summed E-state index contributed by atoms with van der Waals surface area (Å²) in [6.07, 6.45) is 1.17. The zero-order valence-corrected chi connectivity index (χ0v) is 15.5. The molecule has 0 radical (unpaired) electrons. The average Bonchev–Trinajstić information content (AvgIpc) is 2.54. The van der Waals surface area contributed by atoms with Crippen LogP contribution in [-0.2, 0) is 10.0 Å². The van der Waals surface area contributed by atoms with Crippen LogP contribution < -0.4 is 14.9 Å². The number of benzene rings is 2. The van der Waals surface area contributed by atoms with Gasteiger partial charge in [0.05, 0.1) is 18.0 Å². The average molecular weight is 364 g/mol. The molecule has 0 aliphatic carbocycles. The highest BCUT2D eigenvalue weighted by Crippen LogP contribution is 2.20. The molecule has 0 saturated carbocycles. The molecule has 0 aliphatic rings. The Balaban J connectivity index is 2.04. The summed E-state index contributed by atoms with van der Waals surface area (Å²) in [5.74, 6) is 0. The third kappa shape index (κ3) is 4.94. The first-order chi connectivity index (χ1) is 11.3. The van der Waals surface area contributed by atoms with Gasteiger partial charge in [-0.2, -0.15) is 0 Å². The van der Waals surface area contributed by atoms with Crippen LogP contribution in [-0.4, -0.2) is 26.8 Å². The maximum Gasteiger partial charge on any atom is 0.231 e. The minimum Gasteiger partial charge on any atom is -0.356 e. The smallest absolute Gasteiger partial charge is 0.231 e. The highest BCUT2D eigenvalue weighted by atomic mass is 32.2. The van der Waals surface area contributed by atoms with Crippen LogP contribution in [0.5, 0.6) is 0 Å². The first-order valence-corrected chi connectivity index (χ1v) is 9.69. The molecule has 0 bridgehead atoms. The van der Waals surface area contributed by atoms with Crippen LogP contribution in [0.4, 0.5) is 11.4 Å². The number of nitrogens with one attached hydrogen (secondary N) is 2. The number of thiocarbonyl (C=S) groups is 1. The van der Waals surface area contributed by atoms with Crippen molar-refractivity contribution in [2.45, 2.75) is 13.0 Å². The monoisotopic (exact) mass is 363 g/mol. The van der Waals surface area contributed by atoms with Gasteiger partial charge in [-0.3, -0.25) is 4.31 Å². The summed E-state index contributed by atoms with van der Waals surface area (Å²) in [7, 11) is -1.78. The van der Waals surface area contributed by atoms with E-state index in [2.05, 4.69) is 10.6 Å². The minimum absolute atomic E-state index is 0.0630. The fourth-order valence-corrected chi connectivity index (χ4v) is 2.95. The Hall–Kier alpha value is -2.12. The van der Waals surface area contributed by atoms with Gasteiger partial charge in [0, 0.05) is 12.7 Å².